The van der Waals surface area contributed by atoms with Crippen LogP contribution in [0.25, 0.3) is 0 Å². The average Bonchev–Trinajstić information content (AvgIpc) is 3.26. The number of rotatable bonds is 5. The third-order valence-electron chi connectivity index (χ3n) is 4.54. The van der Waals surface area contributed by atoms with E-state index in [2.05, 4.69) is 15.7 Å². The molecular weight excluding hydrogens is 322 g/mol. The lowest BCUT2D eigenvalue weighted by molar-refractivity contribution is -0.126. The molecule has 25 heavy (non-hydrogen) atoms. The summed E-state index contributed by atoms with van der Waals surface area (Å²) in [6.07, 6.45) is 6.51. The largest absolute Gasteiger partial charge is 0.461 e. The molecule has 1 aliphatic heterocycles. The Labute approximate surface area is 146 Å². The van der Waals surface area contributed by atoms with Crippen LogP contribution in [-0.4, -0.2) is 45.9 Å². The first-order chi connectivity index (χ1) is 12.1. The number of ether oxygens (including phenoxy) is 1. The number of hydrogen-bond donors (Lipinski definition) is 2. The second-order valence-corrected chi connectivity index (χ2v) is 6.13. The Kier molecular flexibility index (Phi) is 4.89. The van der Waals surface area contributed by atoms with Gasteiger partial charge in [0.15, 0.2) is 0 Å². The molecule has 2 N–H and O–H groups in total. The van der Waals surface area contributed by atoms with Crippen LogP contribution < -0.4 is 10.6 Å². The molecule has 1 saturated heterocycles. The van der Waals surface area contributed by atoms with Crippen molar-refractivity contribution in [1.82, 2.24) is 19.7 Å². The Hall–Kier alpha value is -2.61. The van der Waals surface area contributed by atoms with Gasteiger partial charge in [-0.05, 0) is 45.0 Å². The third-order valence-corrected chi connectivity index (χ3v) is 4.54. The summed E-state index contributed by atoms with van der Waals surface area (Å²) in [7, 11) is 1.75. The number of anilines is 1. The minimum Gasteiger partial charge on any atom is -0.461 e. The summed E-state index contributed by atoms with van der Waals surface area (Å²) in [5, 5.41) is 10.5. The highest BCUT2D eigenvalue weighted by atomic mass is 16.5. The summed E-state index contributed by atoms with van der Waals surface area (Å²) in [6, 6.07) is 3.45. The Morgan fingerprint density at radius 3 is 2.80 bits per heavy atom. The molecule has 1 aliphatic rings. The number of amides is 1. The van der Waals surface area contributed by atoms with Crippen LogP contribution in [0.5, 0.6) is 0 Å². The van der Waals surface area contributed by atoms with Crippen LogP contribution in [0, 0.1) is 0 Å². The number of carbonyl (C=O) groups is 2. The van der Waals surface area contributed by atoms with Crippen molar-refractivity contribution in [2.45, 2.75) is 25.3 Å². The van der Waals surface area contributed by atoms with E-state index in [0.717, 1.165) is 13.1 Å². The summed E-state index contributed by atoms with van der Waals surface area (Å²) >= 11 is 0. The van der Waals surface area contributed by atoms with Crippen molar-refractivity contribution < 1.29 is 14.3 Å². The van der Waals surface area contributed by atoms with Crippen LogP contribution in [0.3, 0.4) is 0 Å². The fourth-order valence-electron chi connectivity index (χ4n) is 3.21. The zero-order valence-corrected chi connectivity index (χ0v) is 14.5. The Bertz CT molecular complexity index is 744. The minimum absolute atomic E-state index is 0.126. The van der Waals surface area contributed by atoms with E-state index in [4.69, 9.17) is 4.74 Å². The van der Waals surface area contributed by atoms with Crippen LogP contribution in [-0.2, 0) is 22.1 Å². The molecule has 1 fully saturated rings. The normalized spacial score (nSPS) is 16.4. The highest BCUT2D eigenvalue weighted by Gasteiger charge is 2.42. The molecular formula is C17H23N5O3. The van der Waals surface area contributed by atoms with Crippen molar-refractivity contribution in [3.63, 3.8) is 0 Å². The summed E-state index contributed by atoms with van der Waals surface area (Å²) in [5.41, 5.74) is 0.241. The highest BCUT2D eigenvalue weighted by molar-refractivity contribution is 5.98. The van der Waals surface area contributed by atoms with Crippen LogP contribution in [0.15, 0.2) is 30.7 Å². The Morgan fingerprint density at radius 2 is 2.16 bits per heavy atom. The molecule has 2 aromatic heterocycles. The van der Waals surface area contributed by atoms with Crippen LogP contribution in [0.1, 0.15) is 30.3 Å². The zero-order chi connectivity index (χ0) is 17.9. The molecule has 0 saturated carbocycles. The van der Waals surface area contributed by atoms with Gasteiger partial charge < -0.3 is 19.9 Å². The first-order valence-corrected chi connectivity index (χ1v) is 8.42. The SMILES string of the molecule is CCOC(=O)c1cc(NC(=O)C2(n3cccn3)CCNCC2)cn1C. The molecule has 8 heteroatoms. The zero-order valence-electron chi connectivity index (χ0n) is 14.5. The second kappa shape index (κ2) is 7.10. The Balaban J connectivity index is 1.83. The lowest BCUT2D eigenvalue weighted by Crippen LogP contribution is -2.52. The lowest BCUT2D eigenvalue weighted by atomic mass is 9.87. The van der Waals surface area contributed by atoms with E-state index in [1.165, 1.54) is 0 Å². The molecule has 0 radical (unpaired) electrons. The van der Waals surface area contributed by atoms with E-state index >= 15 is 0 Å². The molecule has 8 nitrogen and oxygen atoms in total. The van der Waals surface area contributed by atoms with Gasteiger partial charge in [-0.25, -0.2) is 4.79 Å². The van der Waals surface area contributed by atoms with Crippen molar-refractivity contribution in [3.05, 3.63) is 36.4 Å². The smallest absolute Gasteiger partial charge is 0.355 e. The summed E-state index contributed by atoms with van der Waals surface area (Å²) in [6.45, 7) is 3.56. The van der Waals surface area contributed by atoms with Crippen molar-refractivity contribution >= 4 is 17.6 Å². The summed E-state index contributed by atoms with van der Waals surface area (Å²) in [4.78, 5) is 25.0. The predicted molar refractivity (Wildman–Crippen MR) is 92.3 cm³/mol. The van der Waals surface area contributed by atoms with E-state index < -0.39 is 11.5 Å². The van der Waals surface area contributed by atoms with Crippen LogP contribution >= 0.6 is 0 Å². The van der Waals surface area contributed by atoms with Gasteiger partial charge in [0.25, 0.3) is 5.91 Å². The van der Waals surface area contributed by atoms with Gasteiger partial charge in [-0.3, -0.25) is 9.48 Å². The molecule has 0 atom stereocenters. The van der Waals surface area contributed by atoms with Gasteiger partial charge in [-0.2, -0.15) is 5.10 Å². The van der Waals surface area contributed by atoms with E-state index in [0.29, 0.717) is 30.8 Å². The van der Waals surface area contributed by atoms with Gasteiger partial charge in [0.05, 0.1) is 12.3 Å². The first-order valence-electron chi connectivity index (χ1n) is 8.42. The minimum atomic E-state index is -0.727. The number of nitrogens with zero attached hydrogens (tertiary/aromatic N) is 3. The quantitative estimate of drug-likeness (QED) is 0.793. The lowest BCUT2D eigenvalue weighted by Gasteiger charge is -2.36. The van der Waals surface area contributed by atoms with Gasteiger partial charge in [0.1, 0.15) is 11.2 Å². The van der Waals surface area contributed by atoms with E-state index in [-0.39, 0.29) is 5.91 Å². The molecule has 1 amide bonds. The van der Waals surface area contributed by atoms with E-state index in [1.54, 1.807) is 41.7 Å². The van der Waals surface area contributed by atoms with E-state index in [9.17, 15) is 9.59 Å². The third kappa shape index (κ3) is 3.30. The maximum Gasteiger partial charge on any atom is 0.355 e. The molecule has 0 aliphatic carbocycles. The first kappa shape index (κ1) is 17.2. The van der Waals surface area contributed by atoms with Crippen molar-refractivity contribution in [2.75, 3.05) is 25.0 Å². The number of aryl methyl sites for hydroxylation is 1. The number of carbonyl (C=O) groups excluding carboxylic acids is 2. The summed E-state index contributed by atoms with van der Waals surface area (Å²) in [5.74, 6) is -0.534. The van der Waals surface area contributed by atoms with Gasteiger partial charge >= 0.3 is 5.97 Å². The number of nitrogens with one attached hydrogen (secondary N) is 2. The van der Waals surface area contributed by atoms with Crippen LogP contribution in [0.2, 0.25) is 0 Å². The number of piperidine rings is 1. The predicted octanol–water partition coefficient (Wildman–Crippen LogP) is 1.12. The molecule has 134 valence electrons. The summed E-state index contributed by atoms with van der Waals surface area (Å²) < 4.78 is 8.41. The molecule has 3 rings (SSSR count). The van der Waals surface area contributed by atoms with Crippen molar-refractivity contribution in [2.24, 2.45) is 7.05 Å². The number of esters is 1. The Morgan fingerprint density at radius 1 is 1.40 bits per heavy atom. The second-order valence-electron chi connectivity index (χ2n) is 6.13. The van der Waals surface area contributed by atoms with Crippen molar-refractivity contribution in [1.29, 1.82) is 0 Å². The van der Waals surface area contributed by atoms with Gasteiger partial charge in [0.2, 0.25) is 0 Å². The van der Waals surface area contributed by atoms with Gasteiger partial charge in [-0.1, -0.05) is 0 Å². The number of aromatic nitrogens is 3. The maximum atomic E-state index is 13.1. The highest BCUT2D eigenvalue weighted by Crippen LogP contribution is 2.29. The molecule has 0 aromatic carbocycles. The standard InChI is InChI=1S/C17H23N5O3/c1-3-25-15(23)14-11-13(12-21(14)2)20-16(24)17(5-8-18-9-6-17)22-10-4-7-19-22/h4,7,10-12,18H,3,5-6,8-9H2,1-2H3,(H,20,24). The number of hydrogen-bond acceptors (Lipinski definition) is 5. The fraction of sp³-hybridized carbons (Fsp3) is 0.471. The van der Waals surface area contributed by atoms with Crippen molar-refractivity contribution in [3.8, 4) is 0 Å². The van der Waals surface area contributed by atoms with Crippen LogP contribution in [0.4, 0.5) is 5.69 Å². The molecule has 0 unspecified atom stereocenters. The monoisotopic (exact) mass is 345 g/mol. The molecule has 0 bridgehead atoms. The topological polar surface area (TPSA) is 90.2 Å². The van der Waals surface area contributed by atoms with Gasteiger partial charge in [0, 0.05) is 25.6 Å². The molecule has 0 spiro atoms. The average molecular weight is 345 g/mol. The fourth-order valence-corrected chi connectivity index (χ4v) is 3.21. The van der Waals surface area contributed by atoms with E-state index in [1.807, 2.05) is 12.3 Å². The molecule has 2 aromatic rings. The maximum absolute atomic E-state index is 13.1. The van der Waals surface area contributed by atoms with Gasteiger partial charge in [-0.15, -0.1) is 0 Å². The molecule has 3 heterocycles.